The predicted octanol–water partition coefficient (Wildman–Crippen LogP) is 0.876. The summed E-state index contributed by atoms with van der Waals surface area (Å²) in [5.41, 5.74) is 5.69. The highest BCUT2D eigenvalue weighted by molar-refractivity contribution is 5.67. The maximum Gasteiger partial charge on any atom is 0.407 e. The molecule has 0 spiro atoms. The van der Waals surface area contributed by atoms with Gasteiger partial charge in [-0.2, -0.15) is 0 Å². The fourth-order valence-electron chi connectivity index (χ4n) is 2.68. The van der Waals surface area contributed by atoms with Gasteiger partial charge in [-0.25, -0.2) is 4.79 Å². The molecule has 1 heterocycles. The second kappa shape index (κ2) is 6.21. The molecule has 2 fully saturated rings. The molecule has 5 heteroatoms. The number of carbonyl (C=O) groups excluding carboxylic acids is 1. The normalized spacial score (nSPS) is 32.6. The van der Waals surface area contributed by atoms with Crippen molar-refractivity contribution in [3.8, 4) is 0 Å². The van der Waals surface area contributed by atoms with E-state index in [9.17, 15) is 4.79 Å². The van der Waals surface area contributed by atoms with Gasteiger partial charge in [0.1, 0.15) is 0 Å². The third-order valence-electron chi connectivity index (χ3n) is 3.80. The highest BCUT2D eigenvalue weighted by Crippen LogP contribution is 2.30. The lowest BCUT2D eigenvalue weighted by Gasteiger charge is -2.18. The zero-order valence-corrected chi connectivity index (χ0v) is 10.2. The minimum atomic E-state index is -0.317. The largest absolute Gasteiger partial charge is 0.449 e. The van der Waals surface area contributed by atoms with Gasteiger partial charge >= 0.3 is 6.09 Å². The number of carbonyl (C=O) groups is 1. The first-order chi connectivity index (χ1) is 8.29. The van der Waals surface area contributed by atoms with E-state index >= 15 is 0 Å². The number of amides is 1. The maximum atomic E-state index is 11.5. The Balaban J connectivity index is 1.65. The average Bonchev–Trinajstić information content (AvgIpc) is 2.96. The standard InChI is InChI=1S/C12H22N2O3/c13-6-9-2-1-3-10(9)7-17-12(15)14-11-4-5-16-8-11/h9-11H,1-8,13H2,(H,14,15). The minimum absolute atomic E-state index is 0.122. The van der Waals surface area contributed by atoms with Crippen LogP contribution in [-0.2, 0) is 9.47 Å². The van der Waals surface area contributed by atoms with Crippen LogP contribution in [0.3, 0.4) is 0 Å². The Morgan fingerprint density at radius 2 is 2.18 bits per heavy atom. The van der Waals surface area contributed by atoms with Crippen LogP contribution in [0, 0.1) is 11.8 Å². The quantitative estimate of drug-likeness (QED) is 0.767. The molecule has 2 rings (SSSR count). The first kappa shape index (κ1) is 12.6. The van der Waals surface area contributed by atoms with Gasteiger partial charge in [0.05, 0.1) is 19.3 Å². The van der Waals surface area contributed by atoms with Crippen LogP contribution in [0.2, 0.25) is 0 Å². The fourth-order valence-corrected chi connectivity index (χ4v) is 2.68. The van der Waals surface area contributed by atoms with E-state index in [1.807, 2.05) is 0 Å². The van der Waals surface area contributed by atoms with Crippen molar-refractivity contribution in [1.82, 2.24) is 5.32 Å². The monoisotopic (exact) mass is 242 g/mol. The average molecular weight is 242 g/mol. The predicted molar refractivity (Wildman–Crippen MR) is 63.6 cm³/mol. The van der Waals surface area contributed by atoms with E-state index in [0.29, 0.717) is 31.6 Å². The number of nitrogens with two attached hydrogens (primary N) is 1. The third kappa shape index (κ3) is 3.57. The van der Waals surface area contributed by atoms with Gasteiger partial charge in [0.25, 0.3) is 0 Å². The Hall–Kier alpha value is -0.810. The van der Waals surface area contributed by atoms with Gasteiger partial charge in [-0.3, -0.25) is 0 Å². The minimum Gasteiger partial charge on any atom is -0.449 e. The van der Waals surface area contributed by atoms with E-state index in [2.05, 4.69) is 5.32 Å². The molecule has 0 radical (unpaired) electrons. The summed E-state index contributed by atoms with van der Waals surface area (Å²) in [7, 11) is 0. The van der Waals surface area contributed by atoms with Gasteiger partial charge < -0.3 is 20.5 Å². The topological polar surface area (TPSA) is 73.6 Å². The van der Waals surface area contributed by atoms with E-state index in [-0.39, 0.29) is 12.1 Å². The van der Waals surface area contributed by atoms with Crippen molar-refractivity contribution < 1.29 is 14.3 Å². The number of alkyl carbamates (subject to hydrolysis) is 1. The van der Waals surface area contributed by atoms with Gasteiger partial charge in [0.2, 0.25) is 0 Å². The third-order valence-corrected chi connectivity index (χ3v) is 3.80. The van der Waals surface area contributed by atoms with Crippen molar-refractivity contribution in [3.05, 3.63) is 0 Å². The molecule has 0 aromatic heterocycles. The molecular weight excluding hydrogens is 220 g/mol. The van der Waals surface area contributed by atoms with Gasteiger partial charge in [-0.1, -0.05) is 6.42 Å². The summed E-state index contributed by atoms with van der Waals surface area (Å²) in [6.07, 6.45) is 4.06. The zero-order chi connectivity index (χ0) is 12.1. The molecule has 0 aromatic carbocycles. The molecule has 1 amide bonds. The first-order valence-corrected chi connectivity index (χ1v) is 6.50. The summed E-state index contributed by atoms with van der Waals surface area (Å²) in [6.45, 7) is 2.53. The Morgan fingerprint density at radius 3 is 2.88 bits per heavy atom. The maximum absolute atomic E-state index is 11.5. The SMILES string of the molecule is NCC1CCCC1COC(=O)NC1CCOC1. The van der Waals surface area contributed by atoms with E-state index in [4.69, 9.17) is 15.2 Å². The molecule has 3 unspecified atom stereocenters. The van der Waals surface area contributed by atoms with Gasteiger partial charge in [0.15, 0.2) is 0 Å². The molecule has 1 aliphatic carbocycles. The molecular formula is C12H22N2O3. The smallest absolute Gasteiger partial charge is 0.407 e. The van der Waals surface area contributed by atoms with Crippen molar-refractivity contribution in [2.45, 2.75) is 31.7 Å². The van der Waals surface area contributed by atoms with Crippen molar-refractivity contribution in [1.29, 1.82) is 0 Å². The second-order valence-corrected chi connectivity index (χ2v) is 4.99. The highest BCUT2D eigenvalue weighted by Gasteiger charge is 2.27. The molecule has 3 N–H and O–H groups in total. The number of rotatable bonds is 4. The number of hydrogen-bond donors (Lipinski definition) is 2. The molecule has 17 heavy (non-hydrogen) atoms. The second-order valence-electron chi connectivity index (χ2n) is 4.99. The lowest BCUT2D eigenvalue weighted by Crippen LogP contribution is -2.36. The molecule has 0 aromatic rings. The highest BCUT2D eigenvalue weighted by atomic mass is 16.5. The molecule has 2 aliphatic rings. The fraction of sp³-hybridized carbons (Fsp3) is 0.917. The summed E-state index contributed by atoms with van der Waals surface area (Å²) < 4.78 is 10.4. The summed E-state index contributed by atoms with van der Waals surface area (Å²) in [5, 5.41) is 2.82. The van der Waals surface area contributed by atoms with E-state index in [0.717, 1.165) is 19.4 Å². The molecule has 3 atom stereocenters. The van der Waals surface area contributed by atoms with Gasteiger partial charge in [-0.05, 0) is 37.6 Å². The first-order valence-electron chi connectivity index (χ1n) is 6.50. The van der Waals surface area contributed by atoms with Gasteiger partial charge in [0, 0.05) is 6.61 Å². The van der Waals surface area contributed by atoms with E-state index < -0.39 is 0 Å². The van der Waals surface area contributed by atoms with Crippen molar-refractivity contribution in [2.75, 3.05) is 26.4 Å². The summed E-state index contributed by atoms with van der Waals surface area (Å²) in [6, 6.07) is 0.122. The summed E-state index contributed by atoms with van der Waals surface area (Å²) >= 11 is 0. The van der Waals surface area contributed by atoms with Crippen LogP contribution in [0.1, 0.15) is 25.7 Å². The zero-order valence-electron chi connectivity index (χ0n) is 10.2. The van der Waals surface area contributed by atoms with E-state index in [1.165, 1.54) is 12.8 Å². The summed E-state index contributed by atoms with van der Waals surface area (Å²) in [5.74, 6) is 0.975. The molecule has 1 aliphatic heterocycles. The van der Waals surface area contributed by atoms with Crippen LogP contribution in [0.5, 0.6) is 0 Å². The Bertz CT molecular complexity index is 254. The van der Waals surface area contributed by atoms with Crippen LogP contribution >= 0.6 is 0 Å². The summed E-state index contributed by atoms with van der Waals surface area (Å²) in [4.78, 5) is 11.5. The Labute approximate surface area is 102 Å². The van der Waals surface area contributed by atoms with Crippen LogP contribution in [0.4, 0.5) is 4.79 Å². The van der Waals surface area contributed by atoms with Crippen LogP contribution in [-0.4, -0.2) is 38.5 Å². The van der Waals surface area contributed by atoms with Crippen molar-refractivity contribution in [3.63, 3.8) is 0 Å². The number of hydrogen-bond acceptors (Lipinski definition) is 4. The molecule has 1 saturated carbocycles. The van der Waals surface area contributed by atoms with Gasteiger partial charge in [-0.15, -0.1) is 0 Å². The Morgan fingerprint density at radius 1 is 1.35 bits per heavy atom. The molecule has 98 valence electrons. The van der Waals surface area contributed by atoms with Crippen LogP contribution < -0.4 is 11.1 Å². The Kier molecular flexibility index (Phi) is 4.62. The number of ether oxygens (including phenoxy) is 2. The van der Waals surface area contributed by atoms with Crippen molar-refractivity contribution >= 4 is 6.09 Å². The van der Waals surface area contributed by atoms with Crippen LogP contribution in [0.25, 0.3) is 0 Å². The van der Waals surface area contributed by atoms with Crippen molar-refractivity contribution in [2.24, 2.45) is 17.6 Å². The lowest BCUT2D eigenvalue weighted by atomic mass is 9.97. The molecule has 0 bridgehead atoms. The number of nitrogens with one attached hydrogen (secondary N) is 1. The molecule has 5 nitrogen and oxygen atoms in total. The lowest BCUT2D eigenvalue weighted by molar-refractivity contribution is 0.112. The van der Waals surface area contributed by atoms with Crippen LogP contribution in [0.15, 0.2) is 0 Å². The van der Waals surface area contributed by atoms with E-state index in [1.54, 1.807) is 0 Å². The molecule has 1 saturated heterocycles.